The van der Waals surface area contributed by atoms with Crippen molar-refractivity contribution in [3.63, 3.8) is 0 Å². The van der Waals surface area contributed by atoms with E-state index >= 15 is 0 Å². The number of carbonyl (C=O) groups is 1. The molecule has 1 aliphatic heterocycles. The van der Waals surface area contributed by atoms with Gasteiger partial charge >= 0.3 is 0 Å². The van der Waals surface area contributed by atoms with Crippen LogP contribution in [0.25, 0.3) is 0 Å². The summed E-state index contributed by atoms with van der Waals surface area (Å²) in [7, 11) is 0. The van der Waals surface area contributed by atoms with Crippen LogP contribution in [0.4, 0.5) is 5.82 Å². The molecule has 6 nitrogen and oxygen atoms in total. The van der Waals surface area contributed by atoms with Gasteiger partial charge in [-0.15, -0.1) is 0 Å². The molecular weight excluding hydrogens is 338 g/mol. The number of hydrogen-bond acceptors (Lipinski definition) is 5. The van der Waals surface area contributed by atoms with Gasteiger partial charge in [0.25, 0.3) is 0 Å². The zero-order valence-electron chi connectivity index (χ0n) is 14.3. The summed E-state index contributed by atoms with van der Waals surface area (Å²) in [4.78, 5) is 23.8. The first-order valence-corrected chi connectivity index (χ1v) is 8.76. The fourth-order valence-corrected chi connectivity index (χ4v) is 3.03. The molecule has 2 aromatic rings. The molecule has 3 rings (SSSR count). The number of halogens is 1. The highest BCUT2D eigenvalue weighted by Gasteiger charge is 2.18. The van der Waals surface area contributed by atoms with Gasteiger partial charge in [0.15, 0.2) is 0 Å². The Kier molecular flexibility index (Phi) is 5.83. The van der Waals surface area contributed by atoms with Crippen LogP contribution in [0, 0.1) is 0 Å². The van der Waals surface area contributed by atoms with Crippen molar-refractivity contribution >= 4 is 23.3 Å². The number of aromatic nitrogens is 2. The molecule has 1 N–H and O–H groups in total. The summed E-state index contributed by atoms with van der Waals surface area (Å²) >= 11 is 5.87. The molecule has 1 aromatic heterocycles. The Balaban J connectivity index is 1.49. The summed E-state index contributed by atoms with van der Waals surface area (Å²) < 4.78 is 0. The van der Waals surface area contributed by atoms with Crippen LogP contribution < -0.4 is 10.2 Å². The SMILES string of the molecule is CC(=O)NCc1ccc(CN2CCN(c3ccnc(Cl)n3)CC2)cc1. The predicted molar refractivity (Wildman–Crippen MR) is 98.5 cm³/mol. The third-order valence-corrected chi connectivity index (χ3v) is 4.46. The molecule has 132 valence electrons. The van der Waals surface area contributed by atoms with E-state index in [0.29, 0.717) is 11.8 Å². The fraction of sp³-hybridized carbons (Fsp3) is 0.389. The van der Waals surface area contributed by atoms with E-state index in [1.807, 2.05) is 6.07 Å². The molecule has 2 heterocycles. The molecule has 1 saturated heterocycles. The largest absolute Gasteiger partial charge is 0.354 e. The third-order valence-electron chi connectivity index (χ3n) is 4.28. The summed E-state index contributed by atoms with van der Waals surface area (Å²) in [6.45, 7) is 6.85. The molecule has 25 heavy (non-hydrogen) atoms. The quantitative estimate of drug-likeness (QED) is 0.828. The Bertz CT molecular complexity index is 714. The van der Waals surface area contributed by atoms with E-state index in [1.165, 1.54) is 12.5 Å². The lowest BCUT2D eigenvalue weighted by Crippen LogP contribution is -2.46. The van der Waals surface area contributed by atoms with Gasteiger partial charge in [-0.1, -0.05) is 24.3 Å². The van der Waals surface area contributed by atoms with Crippen molar-refractivity contribution < 1.29 is 4.79 Å². The van der Waals surface area contributed by atoms with Crippen LogP contribution in [-0.4, -0.2) is 47.0 Å². The van der Waals surface area contributed by atoms with Gasteiger partial charge in [-0.2, -0.15) is 0 Å². The van der Waals surface area contributed by atoms with Crippen LogP contribution in [-0.2, 0) is 17.9 Å². The minimum atomic E-state index is -0.00748. The van der Waals surface area contributed by atoms with Gasteiger partial charge < -0.3 is 10.2 Å². The lowest BCUT2D eigenvalue weighted by atomic mass is 10.1. The molecule has 1 amide bonds. The van der Waals surface area contributed by atoms with Crippen LogP contribution in [0.15, 0.2) is 36.5 Å². The lowest BCUT2D eigenvalue weighted by Gasteiger charge is -2.35. The van der Waals surface area contributed by atoms with Crippen LogP contribution in [0.5, 0.6) is 0 Å². The molecular formula is C18H22ClN5O. The number of nitrogens with one attached hydrogen (secondary N) is 1. The summed E-state index contributed by atoms with van der Waals surface area (Å²) in [5.41, 5.74) is 2.40. The normalized spacial score (nSPS) is 15.2. The maximum absolute atomic E-state index is 11.0. The second-order valence-electron chi connectivity index (χ2n) is 6.17. The van der Waals surface area contributed by atoms with Crippen molar-refractivity contribution in [3.8, 4) is 0 Å². The highest BCUT2D eigenvalue weighted by Crippen LogP contribution is 2.16. The molecule has 7 heteroatoms. The first kappa shape index (κ1) is 17.6. The van der Waals surface area contributed by atoms with E-state index in [2.05, 4.69) is 49.4 Å². The van der Waals surface area contributed by atoms with Gasteiger partial charge in [0.1, 0.15) is 5.82 Å². The number of amides is 1. The molecule has 1 fully saturated rings. The Hall–Kier alpha value is -2.18. The molecule has 0 saturated carbocycles. The zero-order chi connectivity index (χ0) is 17.6. The number of rotatable bonds is 5. The van der Waals surface area contributed by atoms with Crippen molar-refractivity contribution in [3.05, 3.63) is 52.9 Å². The Morgan fingerprint density at radius 3 is 2.44 bits per heavy atom. The van der Waals surface area contributed by atoms with Crippen LogP contribution in [0.1, 0.15) is 18.1 Å². The minimum absolute atomic E-state index is 0.00748. The van der Waals surface area contributed by atoms with Crippen molar-refractivity contribution in [1.82, 2.24) is 20.2 Å². The number of piperazine rings is 1. The number of carbonyl (C=O) groups excluding carboxylic acids is 1. The van der Waals surface area contributed by atoms with E-state index in [1.54, 1.807) is 6.20 Å². The van der Waals surface area contributed by atoms with Gasteiger partial charge in [-0.3, -0.25) is 9.69 Å². The van der Waals surface area contributed by atoms with Crippen LogP contribution >= 0.6 is 11.6 Å². The van der Waals surface area contributed by atoms with Crippen LogP contribution in [0.3, 0.4) is 0 Å². The summed E-state index contributed by atoms with van der Waals surface area (Å²) in [5, 5.41) is 3.10. The minimum Gasteiger partial charge on any atom is -0.354 e. The second-order valence-corrected chi connectivity index (χ2v) is 6.51. The van der Waals surface area contributed by atoms with E-state index < -0.39 is 0 Å². The maximum Gasteiger partial charge on any atom is 0.224 e. The Morgan fingerprint density at radius 1 is 1.12 bits per heavy atom. The van der Waals surface area contributed by atoms with Crippen molar-refractivity contribution in [2.75, 3.05) is 31.1 Å². The van der Waals surface area contributed by atoms with E-state index in [4.69, 9.17) is 11.6 Å². The molecule has 0 atom stereocenters. The van der Waals surface area contributed by atoms with E-state index in [-0.39, 0.29) is 5.91 Å². The highest BCUT2D eigenvalue weighted by atomic mass is 35.5. The van der Waals surface area contributed by atoms with Crippen molar-refractivity contribution in [2.24, 2.45) is 0 Å². The second kappa shape index (κ2) is 8.27. The average Bonchev–Trinajstić information content (AvgIpc) is 2.62. The molecule has 1 aromatic carbocycles. The van der Waals surface area contributed by atoms with Crippen molar-refractivity contribution in [2.45, 2.75) is 20.0 Å². The number of hydrogen-bond donors (Lipinski definition) is 1. The van der Waals surface area contributed by atoms with Gasteiger partial charge in [0.05, 0.1) is 0 Å². The molecule has 0 unspecified atom stereocenters. The standard InChI is InChI=1S/C18H22ClN5O/c1-14(25)21-12-15-2-4-16(5-3-15)13-23-8-10-24(11-9-23)17-6-7-20-18(19)22-17/h2-7H,8-13H2,1H3,(H,21,25). The number of benzene rings is 1. The zero-order valence-corrected chi connectivity index (χ0v) is 15.0. The lowest BCUT2D eigenvalue weighted by molar-refractivity contribution is -0.119. The monoisotopic (exact) mass is 359 g/mol. The molecule has 1 aliphatic rings. The third kappa shape index (κ3) is 5.14. The topological polar surface area (TPSA) is 61.4 Å². The predicted octanol–water partition coefficient (Wildman–Crippen LogP) is 2.09. The highest BCUT2D eigenvalue weighted by molar-refractivity contribution is 6.28. The van der Waals surface area contributed by atoms with Gasteiger partial charge in [0.2, 0.25) is 11.2 Å². The smallest absolute Gasteiger partial charge is 0.224 e. The Labute approximate surface area is 152 Å². The molecule has 0 spiro atoms. The average molecular weight is 360 g/mol. The van der Waals surface area contributed by atoms with E-state index in [9.17, 15) is 4.79 Å². The number of nitrogens with zero attached hydrogens (tertiary/aromatic N) is 4. The van der Waals surface area contributed by atoms with Gasteiger partial charge in [-0.05, 0) is 28.8 Å². The summed E-state index contributed by atoms with van der Waals surface area (Å²) in [6, 6.07) is 10.3. The Morgan fingerprint density at radius 2 is 1.80 bits per heavy atom. The van der Waals surface area contributed by atoms with Gasteiger partial charge in [-0.25, -0.2) is 9.97 Å². The maximum atomic E-state index is 11.0. The first-order valence-electron chi connectivity index (χ1n) is 8.38. The first-order chi connectivity index (χ1) is 12.1. The molecule has 0 radical (unpaired) electrons. The molecule has 0 aliphatic carbocycles. The fourth-order valence-electron chi connectivity index (χ4n) is 2.88. The van der Waals surface area contributed by atoms with Crippen molar-refractivity contribution in [1.29, 1.82) is 0 Å². The molecule has 0 bridgehead atoms. The van der Waals surface area contributed by atoms with E-state index in [0.717, 1.165) is 44.1 Å². The summed E-state index contributed by atoms with van der Waals surface area (Å²) in [6.07, 6.45) is 1.69. The number of anilines is 1. The van der Waals surface area contributed by atoms with Crippen LogP contribution in [0.2, 0.25) is 5.28 Å². The van der Waals surface area contributed by atoms with Gasteiger partial charge in [0, 0.05) is 52.4 Å². The summed E-state index contributed by atoms with van der Waals surface area (Å²) in [5.74, 6) is 0.883.